The van der Waals surface area contributed by atoms with Gasteiger partial charge in [-0.3, -0.25) is 9.59 Å². The molecule has 4 aromatic rings. The molecule has 1 aliphatic heterocycles. The van der Waals surface area contributed by atoms with E-state index in [0.717, 1.165) is 16.7 Å². The standard InChI is InChI=1S/C30H22ClN3O4S2.Na/c31-24-12-16-26(17-13-24)40(37,38)34-28(35)19-21-8-14-25(15-9-21)32-30-33-29(36)27(39-30)18-20-6-10-23(11-7-20)22-4-2-1-3-5-22;/h1-18H,19H2,(H,34,35)(H,32,33,36);. The van der Waals surface area contributed by atoms with Crippen LogP contribution in [0.2, 0.25) is 5.02 Å². The van der Waals surface area contributed by atoms with E-state index in [-0.39, 0.29) is 46.8 Å². The summed E-state index contributed by atoms with van der Waals surface area (Å²) in [6.07, 6.45) is 1.68. The smallest absolute Gasteiger partial charge is 0.264 e. The van der Waals surface area contributed by atoms with Crippen LogP contribution < -0.4 is 10.0 Å². The molecule has 1 aliphatic rings. The Hall–Kier alpha value is -3.18. The molecule has 2 N–H and O–H groups in total. The van der Waals surface area contributed by atoms with E-state index in [9.17, 15) is 18.0 Å². The molecule has 41 heavy (non-hydrogen) atoms. The number of hydrogen-bond acceptors (Lipinski definition) is 6. The third kappa shape index (κ3) is 8.19. The number of rotatable bonds is 7. The van der Waals surface area contributed by atoms with Gasteiger partial charge in [0.25, 0.3) is 15.9 Å². The van der Waals surface area contributed by atoms with Crippen molar-refractivity contribution in [1.82, 2.24) is 10.0 Å². The molecule has 0 atom stereocenters. The fraction of sp³-hybridized carbons (Fsp3) is 0.0333. The molecule has 0 spiro atoms. The van der Waals surface area contributed by atoms with Crippen molar-refractivity contribution in [2.24, 2.45) is 4.99 Å². The van der Waals surface area contributed by atoms with Crippen LogP contribution in [-0.4, -0.2) is 55.0 Å². The number of nitrogens with one attached hydrogen (secondary N) is 2. The number of benzene rings is 4. The number of carbonyl (C=O) groups is 2. The first-order valence-electron chi connectivity index (χ1n) is 12.1. The van der Waals surface area contributed by atoms with Gasteiger partial charge in [-0.05, 0) is 76.5 Å². The van der Waals surface area contributed by atoms with Crippen LogP contribution in [0.1, 0.15) is 11.1 Å². The van der Waals surface area contributed by atoms with Crippen molar-refractivity contribution in [2.45, 2.75) is 11.3 Å². The normalized spacial score (nSPS) is 14.9. The van der Waals surface area contributed by atoms with Crippen LogP contribution in [-0.2, 0) is 26.0 Å². The van der Waals surface area contributed by atoms with E-state index in [1.54, 1.807) is 24.3 Å². The Bertz CT molecular complexity index is 1730. The van der Waals surface area contributed by atoms with Gasteiger partial charge in [0.1, 0.15) is 0 Å². The van der Waals surface area contributed by atoms with Crippen LogP contribution in [0.5, 0.6) is 0 Å². The maximum Gasteiger partial charge on any atom is 0.264 e. The molecule has 0 aliphatic carbocycles. The average molecular weight is 611 g/mol. The van der Waals surface area contributed by atoms with E-state index >= 15 is 0 Å². The fourth-order valence-corrected chi connectivity index (χ4v) is 5.84. The summed E-state index contributed by atoms with van der Waals surface area (Å²) in [4.78, 5) is 29.8. The zero-order valence-electron chi connectivity index (χ0n) is 21.9. The minimum Gasteiger partial charge on any atom is -0.300 e. The van der Waals surface area contributed by atoms with E-state index in [2.05, 4.69) is 15.0 Å². The van der Waals surface area contributed by atoms with E-state index in [1.807, 2.05) is 60.7 Å². The van der Waals surface area contributed by atoms with Crippen molar-refractivity contribution in [2.75, 3.05) is 0 Å². The van der Waals surface area contributed by atoms with Crippen LogP contribution >= 0.6 is 23.4 Å². The predicted molar refractivity (Wildman–Crippen MR) is 165 cm³/mol. The van der Waals surface area contributed by atoms with Gasteiger partial charge in [-0.25, -0.2) is 18.1 Å². The van der Waals surface area contributed by atoms with Crippen LogP contribution in [0.25, 0.3) is 17.2 Å². The van der Waals surface area contributed by atoms with Gasteiger partial charge in [-0.2, -0.15) is 0 Å². The summed E-state index contributed by atoms with van der Waals surface area (Å²) >= 11 is 7.03. The van der Waals surface area contributed by atoms with Crippen LogP contribution in [0, 0.1) is 0 Å². The summed E-state index contributed by atoms with van der Waals surface area (Å²) in [5.74, 6) is -0.898. The Labute approximate surface area is 269 Å². The first-order chi connectivity index (χ1) is 19.2. The van der Waals surface area contributed by atoms with E-state index < -0.39 is 15.9 Å². The zero-order chi connectivity index (χ0) is 28.1. The number of hydrogen-bond donors (Lipinski definition) is 2. The molecule has 201 valence electrons. The third-order valence-electron chi connectivity index (χ3n) is 5.87. The molecule has 1 radical (unpaired) electrons. The van der Waals surface area contributed by atoms with Crippen LogP contribution in [0.4, 0.5) is 5.69 Å². The quantitative estimate of drug-likeness (QED) is 0.210. The van der Waals surface area contributed by atoms with Gasteiger partial charge < -0.3 is 5.32 Å². The average Bonchev–Trinajstić information content (AvgIpc) is 3.28. The number of aliphatic imine (C=N–C) groups is 1. The van der Waals surface area contributed by atoms with Crippen molar-refractivity contribution in [1.29, 1.82) is 0 Å². The SMILES string of the molecule is O=C(Cc1ccc(N=C2NC(=O)C(=Cc3ccc(-c4ccccc4)cc3)S2)cc1)NS(=O)(=O)c1ccc(Cl)cc1.[Na]. The topological polar surface area (TPSA) is 105 Å². The largest absolute Gasteiger partial charge is 0.300 e. The molecule has 4 aromatic carbocycles. The van der Waals surface area contributed by atoms with Gasteiger partial charge in [0, 0.05) is 34.6 Å². The molecule has 5 rings (SSSR count). The summed E-state index contributed by atoms with van der Waals surface area (Å²) in [6.45, 7) is 0. The van der Waals surface area contributed by atoms with Crippen molar-refractivity contribution >= 4 is 91.7 Å². The first-order valence-corrected chi connectivity index (χ1v) is 14.8. The summed E-state index contributed by atoms with van der Waals surface area (Å²) in [7, 11) is -4.00. The van der Waals surface area contributed by atoms with Gasteiger partial charge in [0.15, 0.2) is 5.17 Å². The van der Waals surface area contributed by atoms with Crippen molar-refractivity contribution in [3.8, 4) is 11.1 Å². The van der Waals surface area contributed by atoms with Gasteiger partial charge >= 0.3 is 0 Å². The third-order valence-corrected chi connectivity index (χ3v) is 8.42. The maximum atomic E-state index is 12.5. The second kappa shape index (κ2) is 13.7. The second-order valence-corrected chi connectivity index (χ2v) is 11.9. The Morgan fingerprint density at radius 2 is 1.51 bits per heavy atom. The van der Waals surface area contributed by atoms with E-state index in [4.69, 9.17) is 11.6 Å². The molecular formula is C30H22ClN3NaO4S2. The number of thioether (sulfide) groups is 1. The molecule has 1 heterocycles. The monoisotopic (exact) mass is 610 g/mol. The molecular weight excluding hydrogens is 589 g/mol. The fourth-order valence-electron chi connectivity index (χ4n) is 3.88. The van der Waals surface area contributed by atoms with Gasteiger partial charge in [-0.1, -0.05) is 78.3 Å². The summed E-state index contributed by atoms with van der Waals surface area (Å²) < 4.78 is 26.9. The molecule has 0 bridgehead atoms. The van der Waals surface area contributed by atoms with Gasteiger partial charge in [0.2, 0.25) is 5.91 Å². The predicted octanol–water partition coefficient (Wildman–Crippen LogP) is 5.57. The first kappa shape index (κ1) is 30.8. The van der Waals surface area contributed by atoms with E-state index in [0.29, 0.717) is 26.3 Å². The molecule has 0 saturated carbocycles. The Morgan fingerprint density at radius 1 is 0.878 bits per heavy atom. The zero-order valence-corrected chi connectivity index (χ0v) is 26.3. The maximum absolute atomic E-state index is 12.5. The molecule has 1 fully saturated rings. The van der Waals surface area contributed by atoms with Crippen molar-refractivity contribution < 1.29 is 18.0 Å². The molecule has 7 nitrogen and oxygen atoms in total. The van der Waals surface area contributed by atoms with Crippen molar-refractivity contribution in [3.63, 3.8) is 0 Å². The number of amidine groups is 1. The number of amides is 2. The number of sulfonamides is 1. The summed E-state index contributed by atoms with van der Waals surface area (Å²) in [6, 6.07) is 30.3. The van der Waals surface area contributed by atoms with E-state index in [1.165, 1.54) is 36.0 Å². The van der Waals surface area contributed by atoms with Gasteiger partial charge in [0.05, 0.1) is 21.9 Å². The molecule has 0 aromatic heterocycles. The second-order valence-electron chi connectivity index (χ2n) is 8.80. The van der Waals surface area contributed by atoms with Gasteiger partial charge in [-0.15, -0.1) is 0 Å². The molecule has 11 heteroatoms. The number of halogens is 1. The Morgan fingerprint density at radius 3 is 2.17 bits per heavy atom. The molecule has 2 amide bonds. The van der Waals surface area contributed by atoms with Crippen molar-refractivity contribution in [3.05, 3.63) is 124 Å². The van der Waals surface area contributed by atoms with Crippen LogP contribution in [0.3, 0.4) is 0 Å². The Balaban J connectivity index is 0.00000387. The Kier molecular flexibility index (Phi) is 10.2. The summed E-state index contributed by atoms with van der Waals surface area (Å²) in [5.41, 5.74) is 4.31. The number of carbonyl (C=O) groups excluding carboxylic acids is 2. The summed E-state index contributed by atoms with van der Waals surface area (Å²) in [5, 5.41) is 3.60. The molecule has 0 unspecified atom stereocenters. The minimum atomic E-state index is -4.00. The van der Waals surface area contributed by atoms with Crippen LogP contribution in [0.15, 0.2) is 118 Å². The molecule has 1 saturated heterocycles. The number of nitrogens with zero attached hydrogens (tertiary/aromatic N) is 1. The minimum absolute atomic E-state index is 0.